The summed E-state index contributed by atoms with van der Waals surface area (Å²) < 4.78 is 16.2. The van der Waals surface area contributed by atoms with E-state index >= 15 is 0 Å². The van der Waals surface area contributed by atoms with Gasteiger partial charge in [0.1, 0.15) is 5.82 Å². The number of benzene rings is 1. The molecule has 1 fully saturated rings. The third-order valence-corrected chi connectivity index (χ3v) is 6.27. The number of piperazine rings is 1. The maximum atomic E-state index is 14.7. The first-order chi connectivity index (χ1) is 13.6. The summed E-state index contributed by atoms with van der Waals surface area (Å²) in [6.07, 6.45) is 0.687. The summed E-state index contributed by atoms with van der Waals surface area (Å²) in [7, 11) is 0. The van der Waals surface area contributed by atoms with Crippen molar-refractivity contribution in [2.24, 2.45) is 0 Å². The largest absolute Gasteiger partial charge is 0.492 e. The predicted molar refractivity (Wildman–Crippen MR) is 105 cm³/mol. The van der Waals surface area contributed by atoms with Gasteiger partial charge in [-0.25, -0.2) is 9.37 Å². The number of halogens is 1. The van der Waals surface area contributed by atoms with Crippen molar-refractivity contribution < 1.29 is 14.6 Å². The number of aliphatic hydroxyl groups is 1. The number of β-amino-alcohol motifs (C(OH)–C–C–N with tert-alkyl or cyclic N) is 1. The lowest BCUT2D eigenvalue weighted by atomic mass is 10.0. The van der Waals surface area contributed by atoms with Crippen LogP contribution in [0.1, 0.15) is 29.2 Å². The van der Waals surface area contributed by atoms with Crippen molar-refractivity contribution in [1.82, 2.24) is 24.4 Å². The van der Waals surface area contributed by atoms with Crippen LogP contribution in [0.15, 0.2) is 24.3 Å². The van der Waals surface area contributed by atoms with Crippen LogP contribution in [0.3, 0.4) is 0 Å². The Balaban J connectivity index is 1.73. The number of hydrogen-bond acceptors (Lipinski definition) is 7. The second kappa shape index (κ2) is 8.12. The Hall–Kier alpha value is -2.07. The number of aliphatic hydroxyl groups excluding tert-OH is 1. The molecule has 9 heteroatoms. The molecule has 0 amide bonds. The van der Waals surface area contributed by atoms with E-state index in [1.54, 1.807) is 12.1 Å². The Morgan fingerprint density at radius 2 is 1.96 bits per heavy atom. The molecule has 1 aliphatic rings. The second-order valence-electron chi connectivity index (χ2n) is 6.89. The van der Waals surface area contributed by atoms with Crippen molar-refractivity contribution in [1.29, 1.82) is 0 Å². The minimum atomic E-state index is -0.406. The second-order valence-corrected chi connectivity index (χ2v) is 7.90. The molecule has 0 radical (unpaired) electrons. The van der Waals surface area contributed by atoms with Gasteiger partial charge in [-0.3, -0.25) is 9.80 Å². The van der Waals surface area contributed by atoms with Crippen LogP contribution >= 0.6 is 11.3 Å². The number of thiazole rings is 1. The van der Waals surface area contributed by atoms with Gasteiger partial charge in [0, 0.05) is 44.7 Å². The highest BCUT2D eigenvalue weighted by Gasteiger charge is 2.33. The summed E-state index contributed by atoms with van der Waals surface area (Å²) >= 11 is 1.35. The lowest BCUT2D eigenvalue weighted by Gasteiger charge is -2.39. The van der Waals surface area contributed by atoms with Gasteiger partial charge >= 0.3 is 0 Å². The van der Waals surface area contributed by atoms with Gasteiger partial charge in [-0.2, -0.15) is 4.52 Å². The van der Waals surface area contributed by atoms with Gasteiger partial charge in [-0.05, 0) is 6.07 Å². The number of fused-ring (bicyclic) bond motifs is 1. The summed E-state index contributed by atoms with van der Waals surface area (Å²) in [4.78, 5) is 10.1. The number of hydrogen-bond donors (Lipinski definition) is 2. The van der Waals surface area contributed by atoms with Crippen LogP contribution in [0, 0.1) is 5.82 Å². The van der Waals surface area contributed by atoms with Crippen LogP contribution in [0.4, 0.5) is 4.39 Å². The minimum Gasteiger partial charge on any atom is -0.492 e. The van der Waals surface area contributed by atoms with Crippen LogP contribution in [0.5, 0.6) is 5.88 Å². The molecule has 3 aromatic rings. The van der Waals surface area contributed by atoms with Gasteiger partial charge in [-0.15, -0.1) is 5.10 Å². The van der Waals surface area contributed by atoms with E-state index in [0.29, 0.717) is 47.3 Å². The normalized spacial score (nSPS) is 17.4. The van der Waals surface area contributed by atoms with Crippen molar-refractivity contribution in [3.05, 3.63) is 46.3 Å². The van der Waals surface area contributed by atoms with Crippen LogP contribution in [0.25, 0.3) is 4.96 Å². The van der Waals surface area contributed by atoms with E-state index in [-0.39, 0.29) is 18.3 Å². The SMILES string of the molecule is CCc1nc2sc(C(c3ccccc3F)N3CCN(CCO)CC3)c(O)n2n1. The maximum Gasteiger partial charge on any atom is 0.230 e. The first-order valence-electron chi connectivity index (χ1n) is 9.51. The predicted octanol–water partition coefficient (Wildman–Crippen LogP) is 1.90. The summed E-state index contributed by atoms with van der Waals surface area (Å²) in [5.41, 5.74) is 0.536. The zero-order valence-electron chi connectivity index (χ0n) is 15.8. The molecule has 0 bridgehead atoms. The Kier molecular flexibility index (Phi) is 5.58. The van der Waals surface area contributed by atoms with E-state index in [9.17, 15) is 9.50 Å². The van der Waals surface area contributed by atoms with Gasteiger partial charge < -0.3 is 10.2 Å². The van der Waals surface area contributed by atoms with Crippen molar-refractivity contribution in [2.75, 3.05) is 39.3 Å². The Labute approximate surface area is 166 Å². The number of rotatable bonds is 6. The fourth-order valence-electron chi connectivity index (χ4n) is 3.71. The monoisotopic (exact) mass is 405 g/mol. The summed E-state index contributed by atoms with van der Waals surface area (Å²) in [6, 6.07) is 6.30. The van der Waals surface area contributed by atoms with Crippen molar-refractivity contribution >= 4 is 16.3 Å². The van der Waals surface area contributed by atoms with Crippen LogP contribution in [0.2, 0.25) is 0 Å². The molecule has 0 saturated carbocycles. The molecule has 3 heterocycles. The molecular weight excluding hydrogens is 381 g/mol. The van der Waals surface area contributed by atoms with E-state index in [1.165, 1.54) is 21.9 Å². The fraction of sp³-hybridized carbons (Fsp3) is 0.474. The fourth-order valence-corrected chi connectivity index (χ4v) is 4.83. The van der Waals surface area contributed by atoms with E-state index in [0.717, 1.165) is 13.1 Å². The topological polar surface area (TPSA) is 77.1 Å². The van der Waals surface area contributed by atoms with E-state index < -0.39 is 6.04 Å². The van der Waals surface area contributed by atoms with Gasteiger partial charge in [0.2, 0.25) is 10.8 Å². The van der Waals surface area contributed by atoms with Crippen LogP contribution in [-0.2, 0) is 6.42 Å². The standard InChI is InChI=1S/C19H24FN5O2S/c1-2-15-21-19-25(22-15)18(27)17(28-19)16(13-5-3-4-6-14(13)20)24-9-7-23(8-10-24)11-12-26/h3-6,16,26-27H,2,7-12H2,1H3. The van der Waals surface area contributed by atoms with E-state index in [1.807, 2.05) is 13.0 Å². The first-order valence-corrected chi connectivity index (χ1v) is 10.3. The smallest absolute Gasteiger partial charge is 0.230 e. The van der Waals surface area contributed by atoms with Crippen molar-refractivity contribution in [3.63, 3.8) is 0 Å². The van der Waals surface area contributed by atoms with E-state index in [4.69, 9.17) is 5.11 Å². The zero-order chi connectivity index (χ0) is 19.7. The average molecular weight is 405 g/mol. The summed E-state index contributed by atoms with van der Waals surface area (Å²) in [5, 5.41) is 24.4. The quantitative estimate of drug-likeness (QED) is 0.652. The molecule has 2 N–H and O–H groups in total. The minimum absolute atomic E-state index is 0.0261. The van der Waals surface area contributed by atoms with Crippen LogP contribution < -0.4 is 0 Å². The number of nitrogens with zero attached hydrogens (tertiary/aromatic N) is 5. The molecule has 1 aliphatic heterocycles. The van der Waals surface area contributed by atoms with Gasteiger partial charge in [0.15, 0.2) is 5.82 Å². The van der Waals surface area contributed by atoms with Crippen molar-refractivity contribution in [3.8, 4) is 5.88 Å². The van der Waals surface area contributed by atoms with Crippen molar-refractivity contribution in [2.45, 2.75) is 19.4 Å². The molecular formula is C19H24FN5O2S. The summed E-state index contributed by atoms with van der Waals surface area (Å²) in [5.74, 6) is 0.407. The van der Waals surface area contributed by atoms with Crippen LogP contribution in [-0.4, -0.2) is 73.9 Å². The molecule has 2 aromatic heterocycles. The average Bonchev–Trinajstić information content (AvgIpc) is 3.24. The lowest BCUT2D eigenvalue weighted by Crippen LogP contribution is -2.48. The molecule has 7 nitrogen and oxygen atoms in total. The molecule has 28 heavy (non-hydrogen) atoms. The number of aromatic hydroxyl groups is 1. The Bertz CT molecular complexity index is 951. The summed E-state index contributed by atoms with van der Waals surface area (Å²) in [6.45, 7) is 5.73. The third-order valence-electron chi connectivity index (χ3n) is 5.20. The molecule has 1 saturated heterocycles. The molecule has 4 rings (SSSR count). The zero-order valence-corrected chi connectivity index (χ0v) is 16.6. The molecule has 1 atom stereocenters. The van der Waals surface area contributed by atoms with E-state index in [2.05, 4.69) is 19.9 Å². The number of aryl methyl sites for hydroxylation is 1. The highest BCUT2D eigenvalue weighted by Crippen LogP contribution is 2.40. The molecule has 0 spiro atoms. The Morgan fingerprint density at radius 3 is 2.61 bits per heavy atom. The number of aromatic nitrogens is 3. The lowest BCUT2D eigenvalue weighted by molar-refractivity contribution is 0.0936. The maximum absolute atomic E-state index is 14.7. The van der Waals surface area contributed by atoms with Gasteiger partial charge in [0.25, 0.3) is 0 Å². The highest BCUT2D eigenvalue weighted by molar-refractivity contribution is 7.17. The molecule has 0 aliphatic carbocycles. The van der Waals surface area contributed by atoms with Gasteiger partial charge in [-0.1, -0.05) is 36.5 Å². The highest BCUT2D eigenvalue weighted by atomic mass is 32.1. The first kappa shape index (κ1) is 19.3. The van der Waals surface area contributed by atoms with Gasteiger partial charge in [0.05, 0.1) is 17.5 Å². The molecule has 150 valence electrons. The third kappa shape index (κ3) is 3.50. The molecule has 1 aromatic carbocycles. The Morgan fingerprint density at radius 1 is 1.21 bits per heavy atom. The molecule has 1 unspecified atom stereocenters.